The smallest absolute Gasteiger partial charge is 0.125 e. The Morgan fingerprint density at radius 1 is 1.38 bits per heavy atom. The lowest BCUT2D eigenvalue weighted by Crippen LogP contribution is -2.21. The van der Waals surface area contributed by atoms with E-state index in [0.29, 0.717) is 0 Å². The molecule has 3 nitrogen and oxygen atoms in total. The Balaban J connectivity index is 2.25. The summed E-state index contributed by atoms with van der Waals surface area (Å²) in [5.41, 5.74) is 2.56. The van der Waals surface area contributed by atoms with Crippen molar-refractivity contribution in [3.05, 3.63) is 35.4 Å². The SMILES string of the molecule is CNC(C1=CCCCC1)c1ccnc(C)n1. The predicted molar refractivity (Wildman–Crippen MR) is 65.1 cm³/mol. The molecule has 1 heterocycles. The van der Waals surface area contributed by atoms with Crippen molar-refractivity contribution < 1.29 is 0 Å². The maximum absolute atomic E-state index is 4.51. The maximum Gasteiger partial charge on any atom is 0.125 e. The van der Waals surface area contributed by atoms with E-state index in [2.05, 4.69) is 21.4 Å². The average Bonchev–Trinajstić information content (AvgIpc) is 2.31. The van der Waals surface area contributed by atoms with Crippen LogP contribution in [0, 0.1) is 6.92 Å². The molecule has 1 N–H and O–H groups in total. The molecule has 0 aromatic carbocycles. The van der Waals surface area contributed by atoms with Crippen LogP contribution in [0.25, 0.3) is 0 Å². The number of hydrogen-bond acceptors (Lipinski definition) is 3. The topological polar surface area (TPSA) is 37.8 Å². The Kier molecular flexibility index (Phi) is 3.67. The van der Waals surface area contributed by atoms with Crippen molar-refractivity contribution in [2.24, 2.45) is 0 Å². The molecule has 0 amide bonds. The highest BCUT2D eigenvalue weighted by atomic mass is 14.9. The molecule has 1 atom stereocenters. The normalized spacial score (nSPS) is 18.0. The number of nitrogens with zero attached hydrogens (tertiary/aromatic N) is 2. The summed E-state index contributed by atoms with van der Waals surface area (Å²) in [6.45, 7) is 1.94. The fraction of sp³-hybridized carbons (Fsp3) is 0.538. The minimum atomic E-state index is 0.266. The lowest BCUT2D eigenvalue weighted by molar-refractivity contribution is 0.580. The van der Waals surface area contributed by atoms with Crippen LogP contribution in [-0.2, 0) is 0 Å². The lowest BCUT2D eigenvalue weighted by Gasteiger charge is -2.22. The minimum absolute atomic E-state index is 0.266. The Hall–Kier alpha value is -1.22. The summed E-state index contributed by atoms with van der Waals surface area (Å²) in [6, 6.07) is 2.27. The molecule has 3 heteroatoms. The van der Waals surface area contributed by atoms with E-state index < -0.39 is 0 Å². The molecule has 1 aromatic rings. The van der Waals surface area contributed by atoms with Gasteiger partial charge >= 0.3 is 0 Å². The lowest BCUT2D eigenvalue weighted by atomic mass is 9.92. The number of hydrogen-bond donors (Lipinski definition) is 1. The molecule has 16 heavy (non-hydrogen) atoms. The molecule has 1 aromatic heterocycles. The van der Waals surface area contributed by atoms with Gasteiger partial charge in [0.05, 0.1) is 11.7 Å². The summed E-state index contributed by atoms with van der Waals surface area (Å²) in [6.07, 6.45) is 9.22. The third kappa shape index (κ3) is 2.47. The summed E-state index contributed by atoms with van der Waals surface area (Å²) in [4.78, 5) is 8.65. The van der Waals surface area contributed by atoms with Gasteiger partial charge in [0, 0.05) is 6.20 Å². The zero-order chi connectivity index (χ0) is 11.4. The van der Waals surface area contributed by atoms with E-state index in [1.54, 1.807) is 0 Å². The second-order valence-electron chi connectivity index (χ2n) is 4.28. The number of likely N-dealkylation sites (N-methyl/N-ethyl adjacent to an activating group) is 1. The third-order valence-electron chi connectivity index (χ3n) is 3.08. The zero-order valence-electron chi connectivity index (χ0n) is 10.0. The highest BCUT2D eigenvalue weighted by Crippen LogP contribution is 2.28. The molecule has 0 aliphatic heterocycles. The van der Waals surface area contributed by atoms with Gasteiger partial charge in [-0.25, -0.2) is 9.97 Å². The van der Waals surface area contributed by atoms with Crippen LogP contribution in [0.15, 0.2) is 23.9 Å². The van der Waals surface area contributed by atoms with Crippen molar-refractivity contribution in [1.82, 2.24) is 15.3 Å². The van der Waals surface area contributed by atoms with E-state index in [0.717, 1.165) is 11.5 Å². The fourth-order valence-electron chi connectivity index (χ4n) is 2.28. The molecule has 1 aliphatic rings. The van der Waals surface area contributed by atoms with Crippen molar-refractivity contribution in [1.29, 1.82) is 0 Å². The van der Waals surface area contributed by atoms with E-state index in [4.69, 9.17) is 0 Å². The highest BCUT2D eigenvalue weighted by Gasteiger charge is 2.17. The Labute approximate surface area is 97.0 Å². The monoisotopic (exact) mass is 217 g/mol. The van der Waals surface area contributed by atoms with Crippen molar-refractivity contribution >= 4 is 0 Å². The number of allylic oxidation sites excluding steroid dienone is 1. The van der Waals surface area contributed by atoms with Gasteiger partial charge in [0.15, 0.2) is 0 Å². The van der Waals surface area contributed by atoms with Crippen LogP contribution in [0.2, 0.25) is 0 Å². The quantitative estimate of drug-likeness (QED) is 0.791. The Morgan fingerprint density at radius 3 is 2.88 bits per heavy atom. The van der Waals surface area contributed by atoms with Gasteiger partial charge in [-0.05, 0) is 45.7 Å². The van der Waals surface area contributed by atoms with Crippen LogP contribution in [-0.4, -0.2) is 17.0 Å². The van der Waals surface area contributed by atoms with Gasteiger partial charge in [0.2, 0.25) is 0 Å². The molecule has 1 unspecified atom stereocenters. The van der Waals surface area contributed by atoms with Gasteiger partial charge in [-0.15, -0.1) is 0 Å². The Bertz CT molecular complexity index is 385. The first-order valence-electron chi connectivity index (χ1n) is 5.97. The summed E-state index contributed by atoms with van der Waals surface area (Å²) in [7, 11) is 2.00. The standard InChI is InChI=1S/C13H19N3/c1-10-15-9-8-12(16-10)13(14-2)11-6-4-3-5-7-11/h6,8-9,13-14H,3-5,7H2,1-2H3. The number of nitrogens with one attached hydrogen (secondary N) is 1. The first kappa shape index (κ1) is 11.3. The van der Waals surface area contributed by atoms with Gasteiger partial charge in [-0.2, -0.15) is 0 Å². The van der Waals surface area contributed by atoms with Crippen molar-refractivity contribution in [3.8, 4) is 0 Å². The largest absolute Gasteiger partial charge is 0.308 e. The van der Waals surface area contributed by atoms with E-state index in [-0.39, 0.29) is 6.04 Å². The predicted octanol–water partition coefficient (Wildman–Crippen LogP) is 2.55. The van der Waals surface area contributed by atoms with E-state index in [9.17, 15) is 0 Å². The van der Waals surface area contributed by atoms with Crippen molar-refractivity contribution in [2.75, 3.05) is 7.05 Å². The molecular formula is C13H19N3. The number of aryl methyl sites for hydroxylation is 1. The van der Waals surface area contributed by atoms with Crippen LogP contribution in [0.5, 0.6) is 0 Å². The van der Waals surface area contributed by atoms with E-state index >= 15 is 0 Å². The van der Waals surface area contributed by atoms with Gasteiger partial charge in [-0.3, -0.25) is 0 Å². The molecular weight excluding hydrogens is 198 g/mol. The third-order valence-corrected chi connectivity index (χ3v) is 3.08. The van der Waals surface area contributed by atoms with Gasteiger partial charge < -0.3 is 5.32 Å². The molecule has 0 saturated heterocycles. The molecule has 2 rings (SSSR count). The summed E-state index contributed by atoms with van der Waals surface area (Å²) in [5.74, 6) is 0.842. The molecule has 1 aliphatic carbocycles. The average molecular weight is 217 g/mol. The first-order chi connectivity index (χ1) is 7.81. The van der Waals surface area contributed by atoms with Gasteiger partial charge in [0.1, 0.15) is 5.82 Å². The maximum atomic E-state index is 4.51. The number of aromatic nitrogens is 2. The van der Waals surface area contributed by atoms with Crippen molar-refractivity contribution in [3.63, 3.8) is 0 Å². The van der Waals surface area contributed by atoms with Crippen LogP contribution < -0.4 is 5.32 Å². The van der Waals surface area contributed by atoms with E-state index in [1.165, 1.54) is 31.3 Å². The second kappa shape index (κ2) is 5.21. The van der Waals surface area contributed by atoms with Crippen molar-refractivity contribution in [2.45, 2.75) is 38.6 Å². The van der Waals surface area contributed by atoms with Gasteiger partial charge in [-0.1, -0.05) is 11.6 Å². The van der Waals surface area contributed by atoms with E-state index in [1.807, 2.05) is 26.2 Å². The molecule has 0 saturated carbocycles. The first-order valence-corrected chi connectivity index (χ1v) is 5.97. The summed E-state index contributed by atoms with van der Waals surface area (Å²) < 4.78 is 0. The zero-order valence-corrected chi connectivity index (χ0v) is 10.0. The minimum Gasteiger partial charge on any atom is -0.308 e. The summed E-state index contributed by atoms with van der Waals surface area (Å²) >= 11 is 0. The summed E-state index contributed by atoms with van der Waals surface area (Å²) in [5, 5.41) is 3.36. The van der Waals surface area contributed by atoms with Crippen LogP contribution in [0.1, 0.15) is 43.2 Å². The van der Waals surface area contributed by atoms with Crippen LogP contribution in [0.4, 0.5) is 0 Å². The molecule has 0 spiro atoms. The fourth-order valence-corrected chi connectivity index (χ4v) is 2.28. The highest BCUT2D eigenvalue weighted by molar-refractivity contribution is 5.23. The molecule has 0 bridgehead atoms. The molecule has 0 fully saturated rings. The van der Waals surface area contributed by atoms with Crippen LogP contribution in [0.3, 0.4) is 0 Å². The Morgan fingerprint density at radius 2 is 2.25 bits per heavy atom. The molecule has 0 radical (unpaired) electrons. The number of rotatable bonds is 3. The second-order valence-corrected chi connectivity index (χ2v) is 4.28. The van der Waals surface area contributed by atoms with Crippen LogP contribution >= 0.6 is 0 Å². The molecule has 86 valence electrons. The van der Waals surface area contributed by atoms with Gasteiger partial charge in [0.25, 0.3) is 0 Å².